The van der Waals surface area contributed by atoms with Gasteiger partial charge in [0, 0.05) is 17.5 Å². The second-order valence-electron chi connectivity index (χ2n) is 7.44. The molecule has 2 heterocycles. The van der Waals surface area contributed by atoms with Gasteiger partial charge in [-0.3, -0.25) is 0 Å². The Balaban J connectivity index is 2.24. The first-order valence-corrected chi connectivity index (χ1v) is 8.32. The largest absolute Gasteiger partial charge is 0.370 e. The lowest BCUT2D eigenvalue weighted by Crippen LogP contribution is -2.15. The molecular formula is C19H27N3. The van der Waals surface area contributed by atoms with Gasteiger partial charge in [-0.2, -0.15) is 5.10 Å². The fourth-order valence-electron chi connectivity index (χ4n) is 3.24. The third kappa shape index (κ3) is 2.53. The van der Waals surface area contributed by atoms with E-state index >= 15 is 0 Å². The SMILES string of the molecule is Cc1cccc(-n2nc(C(C)(C)C)c3c2NCCCC3)c1C. The van der Waals surface area contributed by atoms with E-state index in [1.165, 1.54) is 46.7 Å². The molecule has 0 bridgehead atoms. The molecule has 1 aromatic carbocycles. The van der Waals surface area contributed by atoms with E-state index in [1.807, 2.05) is 0 Å². The van der Waals surface area contributed by atoms with Crippen LogP contribution in [0.25, 0.3) is 5.69 Å². The molecule has 1 N–H and O–H groups in total. The maximum absolute atomic E-state index is 5.03. The van der Waals surface area contributed by atoms with Gasteiger partial charge in [-0.05, 0) is 50.3 Å². The summed E-state index contributed by atoms with van der Waals surface area (Å²) in [5.74, 6) is 1.20. The van der Waals surface area contributed by atoms with Crippen molar-refractivity contribution in [2.45, 2.75) is 59.3 Å². The number of rotatable bonds is 1. The fraction of sp³-hybridized carbons (Fsp3) is 0.526. The first kappa shape index (κ1) is 15.1. The summed E-state index contributed by atoms with van der Waals surface area (Å²) in [5, 5.41) is 8.66. The minimum absolute atomic E-state index is 0.0685. The zero-order valence-corrected chi connectivity index (χ0v) is 14.5. The molecule has 118 valence electrons. The molecule has 3 nitrogen and oxygen atoms in total. The Morgan fingerprint density at radius 2 is 1.91 bits per heavy atom. The summed E-state index contributed by atoms with van der Waals surface area (Å²) in [5.41, 5.74) is 6.52. The summed E-state index contributed by atoms with van der Waals surface area (Å²) in [7, 11) is 0. The number of fused-ring (bicyclic) bond motifs is 1. The van der Waals surface area contributed by atoms with E-state index in [9.17, 15) is 0 Å². The Morgan fingerprint density at radius 3 is 2.64 bits per heavy atom. The summed E-state index contributed by atoms with van der Waals surface area (Å²) in [6.07, 6.45) is 3.59. The van der Waals surface area contributed by atoms with Crippen LogP contribution < -0.4 is 5.32 Å². The van der Waals surface area contributed by atoms with Crippen LogP contribution in [0.5, 0.6) is 0 Å². The summed E-state index contributed by atoms with van der Waals surface area (Å²) in [6, 6.07) is 6.47. The van der Waals surface area contributed by atoms with Crippen LogP contribution in [0.3, 0.4) is 0 Å². The average Bonchev–Trinajstić information content (AvgIpc) is 2.65. The molecule has 1 aliphatic heterocycles. The summed E-state index contributed by atoms with van der Waals surface area (Å²) in [4.78, 5) is 0. The van der Waals surface area contributed by atoms with Gasteiger partial charge in [0.2, 0.25) is 0 Å². The summed E-state index contributed by atoms with van der Waals surface area (Å²) in [6.45, 7) is 12.2. The van der Waals surface area contributed by atoms with E-state index in [0.29, 0.717) is 0 Å². The second-order valence-corrected chi connectivity index (χ2v) is 7.44. The number of hydrogen-bond donors (Lipinski definition) is 1. The standard InChI is InChI=1S/C19H27N3/c1-13-9-8-11-16(14(13)2)22-18-15(10-6-7-12-20-18)17(21-22)19(3,4)5/h8-9,11,20H,6-7,10,12H2,1-5H3. The predicted molar refractivity (Wildman–Crippen MR) is 93.2 cm³/mol. The van der Waals surface area contributed by atoms with Crippen molar-refractivity contribution in [3.63, 3.8) is 0 Å². The van der Waals surface area contributed by atoms with Gasteiger partial charge in [-0.25, -0.2) is 4.68 Å². The van der Waals surface area contributed by atoms with Crippen molar-refractivity contribution in [3.05, 3.63) is 40.6 Å². The molecule has 3 rings (SSSR count). The molecular weight excluding hydrogens is 270 g/mol. The molecule has 0 saturated heterocycles. The second kappa shape index (κ2) is 5.45. The van der Waals surface area contributed by atoms with Gasteiger partial charge < -0.3 is 5.32 Å². The minimum atomic E-state index is 0.0685. The summed E-state index contributed by atoms with van der Waals surface area (Å²) < 4.78 is 2.14. The molecule has 0 fully saturated rings. The van der Waals surface area contributed by atoms with E-state index in [4.69, 9.17) is 5.10 Å². The van der Waals surface area contributed by atoms with Crippen LogP contribution in [-0.4, -0.2) is 16.3 Å². The van der Waals surface area contributed by atoms with Crippen LogP contribution in [0.1, 0.15) is 56.0 Å². The van der Waals surface area contributed by atoms with Gasteiger partial charge in [-0.15, -0.1) is 0 Å². The van der Waals surface area contributed by atoms with Crippen LogP contribution in [0.15, 0.2) is 18.2 Å². The lowest BCUT2D eigenvalue weighted by Gasteiger charge is -2.17. The van der Waals surface area contributed by atoms with Crippen molar-refractivity contribution in [1.82, 2.24) is 9.78 Å². The molecule has 0 atom stereocenters. The highest BCUT2D eigenvalue weighted by Gasteiger charge is 2.28. The van der Waals surface area contributed by atoms with Gasteiger partial charge in [0.1, 0.15) is 5.82 Å². The molecule has 22 heavy (non-hydrogen) atoms. The van der Waals surface area contributed by atoms with Crippen LogP contribution in [0, 0.1) is 13.8 Å². The maximum Gasteiger partial charge on any atom is 0.133 e. The van der Waals surface area contributed by atoms with Gasteiger partial charge in [0.05, 0.1) is 11.4 Å². The molecule has 3 heteroatoms. The molecule has 0 amide bonds. The number of nitrogens with one attached hydrogen (secondary N) is 1. The molecule has 1 aliphatic rings. The van der Waals surface area contributed by atoms with Crippen molar-refractivity contribution in [3.8, 4) is 5.69 Å². The van der Waals surface area contributed by atoms with Crippen molar-refractivity contribution in [2.24, 2.45) is 0 Å². The lowest BCUT2D eigenvalue weighted by atomic mass is 9.88. The Labute approximate surface area is 133 Å². The highest BCUT2D eigenvalue weighted by atomic mass is 15.3. The Morgan fingerprint density at radius 1 is 1.14 bits per heavy atom. The van der Waals surface area contributed by atoms with Crippen molar-refractivity contribution >= 4 is 5.82 Å². The van der Waals surface area contributed by atoms with Gasteiger partial charge >= 0.3 is 0 Å². The quantitative estimate of drug-likeness (QED) is 0.837. The van der Waals surface area contributed by atoms with Crippen LogP contribution in [0.2, 0.25) is 0 Å². The molecule has 0 radical (unpaired) electrons. The van der Waals surface area contributed by atoms with Crippen LogP contribution in [0.4, 0.5) is 5.82 Å². The van der Waals surface area contributed by atoms with E-state index in [-0.39, 0.29) is 5.41 Å². The van der Waals surface area contributed by atoms with Crippen LogP contribution >= 0.6 is 0 Å². The third-order valence-electron chi connectivity index (χ3n) is 4.64. The molecule has 0 unspecified atom stereocenters. The zero-order valence-electron chi connectivity index (χ0n) is 14.5. The number of aromatic nitrogens is 2. The highest BCUT2D eigenvalue weighted by molar-refractivity contribution is 5.58. The number of benzene rings is 1. The Bertz CT molecular complexity index is 689. The van der Waals surface area contributed by atoms with Gasteiger partial charge in [0.15, 0.2) is 0 Å². The first-order chi connectivity index (χ1) is 10.4. The topological polar surface area (TPSA) is 29.9 Å². The monoisotopic (exact) mass is 297 g/mol. The number of hydrogen-bond acceptors (Lipinski definition) is 2. The highest BCUT2D eigenvalue weighted by Crippen LogP contribution is 2.35. The van der Waals surface area contributed by atoms with Crippen molar-refractivity contribution in [2.75, 3.05) is 11.9 Å². The number of anilines is 1. The molecule has 0 spiro atoms. The normalized spacial score (nSPS) is 15.1. The van der Waals surface area contributed by atoms with Gasteiger partial charge in [-0.1, -0.05) is 32.9 Å². The van der Waals surface area contributed by atoms with E-state index < -0.39 is 0 Å². The lowest BCUT2D eigenvalue weighted by molar-refractivity contribution is 0.552. The van der Waals surface area contributed by atoms with Crippen molar-refractivity contribution in [1.29, 1.82) is 0 Å². The molecule has 0 aliphatic carbocycles. The fourth-order valence-corrected chi connectivity index (χ4v) is 3.24. The number of aryl methyl sites for hydroxylation is 1. The number of nitrogens with zero attached hydrogens (tertiary/aromatic N) is 2. The first-order valence-electron chi connectivity index (χ1n) is 8.32. The van der Waals surface area contributed by atoms with Crippen molar-refractivity contribution < 1.29 is 0 Å². The smallest absolute Gasteiger partial charge is 0.133 e. The zero-order chi connectivity index (χ0) is 15.9. The molecule has 0 saturated carbocycles. The van der Waals surface area contributed by atoms with E-state index in [1.54, 1.807) is 0 Å². The van der Waals surface area contributed by atoms with Gasteiger partial charge in [0.25, 0.3) is 0 Å². The average molecular weight is 297 g/mol. The van der Waals surface area contributed by atoms with E-state index in [2.05, 4.69) is 62.8 Å². The maximum atomic E-state index is 5.03. The van der Waals surface area contributed by atoms with E-state index in [0.717, 1.165) is 13.0 Å². The predicted octanol–water partition coefficient (Wildman–Crippen LogP) is 4.53. The Hall–Kier alpha value is -1.77. The summed E-state index contributed by atoms with van der Waals surface area (Å²) >= 11 is 0. The minimum Gasteiger partial charge on any atom is -0.370 e. The Kier molecular flexibility index (Phi) is 3.75. The molecule has 1 aromatic heterocycles. The third-order valence-corrected chi connectivity index (χ3v) is 4.64. The van der Waals surface area contributed by atoms with Crippen LogP contribution in [-0.2, 0) is 11.8 Å². The molecule has 2 aromatic rings.